The molecule has 4 rings (SSSR count). The van der Waals surface area contributed by atoms with Crippen LogP contribution in [-0.4, -0.2) is 47.6 Å². The lowest BCUT2D eigenvalue weighted by molar-refractivity contribution is -0.144. The van der Waals surface area contributed by atoms with Crippen LogP contribution in [0.5, 0.6) is 0 Å². The fraction of sp³-hybridized carbons (Fsp3) is 0.407. The van der Waals surface area contributed by atoms with Crippen LogP contribution in [0.15, 0.2) is 54.6 Å². The van der Waals surface area contributed by atoms with Crippen LogP contribution in [0.25, 0.3) is 11.1 Å². The van der Waals surface area contributed by atoms with E-state index in [2.05, 4.69) is 16.8 Å². The summed E-state index contributed by atoms with van der Waals surface area (Å²) in [5, 5.41) is 0.561. The van der Waals surface area contributed by atoms with Gasteiger partial charge in [-0.3, -0.25) is 4.90 Å². The standard InChI is InChI=1S/C27H31ClF3N3/c1-19-25(21-9-11-22(28)12-10-21)24(18-33(3)23-13-15-32(2)16-14-23)34(26(19)27(29,30)31)17-20-7-5-4-6-8-20/h4-12,23H,13-18H2,1-3H3. The molecule has 1 aliphatic heterocycles. The van der Waals surface area contributed by atoms with Gasteiger partial charge in [-0.1, -0.05) is 54.1 Å². The summed E-state index contributed by atoms with van der Waals surface area (Å²) < 4.78 is 44.9. The maximum absolute atomic E-state index is 14.5. The molecule has 0 radical (unpaired) electrons. The number of alkyl halides is 3. The van der Waals surface area contributed by atoms with Crippen LogP contribution < -0.4 is 0 Å². The van der Waals surface area contributed by atoms with Gasteiger partial charge in [-0.25, -0.2) is 0 Å². The Bertz CT molecular complexity index is 1100. The average molecular weight is 490 g/mol. The van der Waals surface area contributed by atoms with Crippen molar-refractivity contribution in [2.75, 3.05) is 27.2 Å². The smallest absolute Gasteiger partial charge is 0.335 e. The van der Waals surface area contributed by atoms with Crippen molar-refractivity contribution >= 4 is 11.6 Å². The molecule has 0 amide bonds. The van der Waals surface area contributed by atoms with E-state index in [1.807, 2.05) is 49.5 Å². The Morgan fingerprint density at radius 3 is 2.21 bits per heavy atom. The molecule has 0 N–H and O–H groups in total. The van der Waals surface area contributed by atoms with Gasteiger partial charge in [0, 0.05) is 35.4 Å². The molecular weight excluding hydrogens is 459 g/mol. The number of piperidine rings is 1. The lowest BCUT2D eigenvalue weighted by Gasteiger charge is -2.35. The Labute approximate surface area is 204 Å². The number of halogens is 4. The second-order valence-electron chi connectivity index (χ2n) is 9.32. The number of likely N-dealkylation sites (tertiary alicyclic amines) is 1. The lowest BCUT2D eigenvalue weighted by atomic mass is 9.99. The minimum absolute atomic E-state index is 0.167. The summed E-state index contributed by atoms with van der Waals surface area (Å²) in [5.74, 6) is 0. The van der Waals surface area contributed by atoms with Gasteiger partial charge in [-0.15, -0.1) is 0 Å². The van der Waals surface area contributed by atoms with Gasteiger partial charge in [0.25, 0.3) is 0 Å². The van der Waals surface area contributed by atoms with Crippen LogP contribution >= 0.6 is 11.6 Å². The van der Waals surface area contributed by atoms with Crippen LogP contribution in [0.2, 0.25) is 5.02 Å². The zero-order valence-corrected chi connectivity index (χ0v) is 20.6. The Kier molecular flexibility index (Phi) is 7.41. The minimum Gasteiger partial charge on any atom is -0.335 e. The summed E-state index contributed by atoms with van der Waals surface area (Å²) in [6, 6.07) is 16.8. The number of aromatic nitrogens is 1. The van der Waals surface area contributed by atoms with Gasteiger partial charge < -0.3 is 9.47 Å². The molecule has 0 bridgehead atoms. The lowest BCUT2D eigenvalue weighted by Crippen LogP contribution is -2.41. The van der Waals surface area contributed by atoms with E-state index < -0.39 is 11.9 Å². The van der Waals surface area contributed by atoms with Gasteiger partial charge >= 0.3 is 6.18 Å². The highest BCUT2D eigenvalue weighted by atomic mass is 35.5. The SMILES string of the molecule is Cc1c(-c2ccc(Cl)cc2)c(CN(C)C2CCN(C)CC2)n(Cc2ccccc2)c1C(F)(F)F. The fourth-order valence-corrected chi connectivity index (χ4v) is 5.20. The molecule has 0 spiro atoms. The summed E-state index contributed by atoms with van der Waals surface area (Å²) in [5.41, 5.74) is 2.63. The molecule has 0 saturated carbocycles. The molecule has 1 saturated heterocycles. The maximum Gasteiger partial charge on any atom is 0.431 e. The van der Waals surface area contributed by atoms with Crippen LogP contribution in [0, 0.1) is 6.92 Å². The van der Waals surface area contributed by atoms with Crippen LogP contribution in [0.4, 0.5) is 13.2 Å². The summed E-state index contributed by atoms with van der Waals surface area (Å²) in [6.45, 7) is 4.19. The first-order valence-corrected chi connectivity index (χ1v) is 12.0. The first-order valence-electron chi connectivity index (χ1n) is 11.6. The highest BCUT2D eigenvalue weighted by molar-refractivity contribution is 6.30. The quantitative estimate of drug-likeness (QED) is 0.381. The van der Waals surface area contributed by atoms with Crippen molar-refractivity contribution < 1.29 is 13.2 Å². The van der Waals surface area contributed by atoms with Crippen LogP contribution in [0.3, 0.4) is 0 Å². The molecule has 0 aliphatic carbocycles. The summed E-state index contributed by atoms with van der Waals surface area (Å²) >= 11 is 6.10. The van der Waals surface area contributed by atoms with E-state index in [0.717, 1.165) is 37.1 Å². The van der Waals surface area contributed by atoms with Gasteiger partial charge in [-0.2, -0.15) is 13.2 Å². The van der Waals surface area contributed by atoms with E-state index in [1.54, 1.807) is 19.1 Å². The third kappa shape index (κ3) is 5.35. The van der Waals surface area contributed by atoms with E-state index in [-0.39, 0.29) is 12.1 Å². The zero-order valence-electron chi connectivity index (χ0n) is 19.9. The molecule has 1 aromatic heterocycles. The number of benzene rings is 2. The van der Waals surface area contributed by atoms with Crippen molar-refractivity contribution in [3.05, 3.63) is 82.1 Å². The number of hydrogen-bond acceptors (Lipinski definition) is 2. The number of nitrogens with zero attached hydrogens (tertiary/aromatic N) is 3. The largest absolute Gasteiger partial charge is 0.431 e. The van der Waals surface area contributed by atoms with Crippen LogP contribution in [-0.2, 0) is 19.3 Å². The molecule has 3 aromatic rings. The highest BCUT2D eigenvalue weighted by Gasteiger charge is 2.40. The van der Waals surface area contributed by atoms with Gasteiger partial charge in [0.2, 0.25) is 0 Å². The van der Waals surface area contributed by atoms with Crippen molar-refractivity contribution in [2.45, 2.75) is 45.1 Å². The molecular formula is C27H31ClF3N3. The van der Waals surface area contributed by atoms with E-state index in [1.165, 1.54) is 4.57 Å². The van der Waals surface area contributed by atoms with Crippen molar-refractivity contribution in [2.24, 2.45) is 0 Å². The third-order valence-corrected chi connectivity index (χ3v) is 7.16. The zero-order chi connectivity index (χ0) is 24.5. The first kappa shape index (κ1) is 24.8. The maximum atomic E-state index is 14.5. The monoisotopic (exact) mass is 489 g/mol. The van der Waals surface area contributed by atoms with E-state index in [0.29, 0.717) is 28.9 Å². The molecule has 0 unspecified atom stereocenters. The Balaban J connectivity index is 1.85. The van der Waals surface area contributed by atoms with Gasteiger partial charge in [0.15, 0.2) is 0 Å². The minimum atomic E-state index is -4.47. The van der Waals surface area contributed by atoms with E-state index in [9.17, 15) is 13.2 Å². The normalized spacial score (nSPS) is 15.9. The molecule has 182 valence electrons. The topological polar surface area (TPSA) is 11.4 Å². The molecule has 3 nitrogen and oxygen atoms in total. The molecule has 1 fully saturated rings. The molecule has 2 aromatic carbocycles. The molecule has 1 aliphatic rings. The number of rotatable bonds is 6. The van der Waals surface area contributed by atoms with Gasteiger partial charge in [0.05, 0.1) is 0 Å². The van der Waals surface area contributed by atoms with Crippen molar-refractivity contribution in [1.29, 1.82) is 0 Å². The average Bonchev–Trinajstić information content (AvgIpc) is 3.06. The van der Waals surface area contributed by atoms with Crippen molar-refractivity contribution in [1.82, 2.24) is 14.4 Å². The molecule has 34 heavy (non-hydrogen) atoms. The molecule has 7 heteroatoms. The summed E-state index contributed by atoms with van der Waals surface area (Å²) in [4.78, 5) is 4.52. The van der Waals surface area contributed by atoms with Gasteiger partial charge in [0.1, 0.15) is 5.69 Å². The van der Waals surface area contributed by atoms with E-state index >= 15 is 0 Å². The molecule has 2 heterocycles. The predicted octanol–water partition coefficient (Wildman–Crippen LogP) is 6.71. The summed E-state index contributed by atoms with van der Waals surface area (Å²) in [6.07, 6.45) is -2.45. The van der Waals surface area contributed by atoms with Gasteiger partial charge in [-0.05, 0) is 75.8 Å². The van der Waals surface area contributed by atoms with Crippen molar-refractivity contribution in [3.63, 3.8) is 0 Å². The Morgan fingerprint density at radius 1 is 1.00 bits per heavy atom. The summed E-state index contributed by atoms with van der Waals surface area (Å²) in [7, 11) is 4.14. The highest BCUT2D eigenvalue weighted by Crippen LogP contribution is 2.42. The number of hydrogen-bond donors (Lipinski definition) is 0. The fourth-order valence-electron chi connectivity index (χ4n) is 5.08. The Morgan fingerprint density at radius 2 is 1.62 bits per heavy atom. The third-order valence-electron chi connectivity index (χ3n) is 6.91. The second kappa shape index (κ2) is 10.1. The molecule has 0 atom stereocenters. The Hall–Kier alpha value is -2.28. The van der Waals surface area contributed by atoms with Crippen molar-refractivity contribution in [3.8, 4) is 11.1 Å². The van der Waals surface area contributed by atoms with E-state index in [4.69, 9.17) is 11.6 Å². The predicted molar refractivity (Wildman–Crippen MR) is 132 cm³/mol. The van der Waals surface area contributed by atoms with Crippen LogP contribution in [0.1, 0.15) is 35.4 Å². The first-order chi connectivity index (χ1) is 16.1. The second-order valence-corrected chi connectivity index (χ2v) is 9.76.